The van der Waals surface area contributed by atoms with Crippen LogP contribution < -0.4 is 15.0 Å². The summed E-state index contributed by atoms with van der Waals surface area (Å²) >= 11 is 0. The van der Waals surface area contributed by atoms with Crippen molar-refractivity contribution in [3.8, 4) is 6.01 Å². The normalized spacial score (nSPS) is 27.1. The van der Waals surface area contributed by atoms with Gasteiger partial charge in [-0.2, -0.15) is 9.97 Å². The Bertz CT molecular complexity index is 1230. The fourth-order valence-corrected chi connectivity index (χ4v) is 6.69. The van der Waals surface area contributed by atoms with Gasteiger partial charge in [0, 0.05) is 38.0 Å². The Morgan fingerprint density at radius 3 is 2.83 bits per heavy atom. The number of fused-ring (bicyclic) bond motifs is 3. The molecule has 2 atom stereocenters. The van der Waals surface area contributed by atoms with Crippen LogP contribution in [0.15, 0.2) is 36.9 Å². The lowest BCUT2D eigenvalue weighted by molar-refractivity contribution is -0.125. The molecule has 6 rings (SSSR count). The van der Waals surface area contributed by atoms with Gasteiger partial charge in [0.25, 0.3) is 0 Å². The van der Waals surface area contributed by atoms with Crippen molar-refractivity contribution in [2.24, 2.45) is 5.41 Å². The first-order valence-electron chi connectivity index (χ1n) is 12.5. The predicted molar refractivity (Wildman–Crippen MR) is 133 cm³/mol. The summed E-state index contributed by atoms with van der Waals surface area (Å²) in [4.78, 5) is 39.5. The SMILES string of the molecule is C=CC(=O)N1CCC2(CCN(c3nc(OC)nc4c3NC(=O)C3(CCCc5ccccc53)C4)C2)C1. The number of anilines is 2. The summed E-state index contributed by atoms with van der Waals surface area (Å²) in [5, 5.41) is 3.23. The largest absolute Gasteiger partial charge is 0.467 e. The number of rotatable bonds is 3. The number of nitrogens with one attached hydrogen (secondary N) is 1. The summed E-state index contributed by atoms with van der Waals surface area (Å²) < 4.78 is 5.51. The number of nitrogens with zero attached hydrogens (tertiary/aromatic N) is 4. The van der Waals surface area contributed by atoms with Gasteiger partial charge in [-0.05, 0) is 49.3 Å². The Balaban J connectivity index is 1.35. The maximum atomic E-state index is 13.7. The van der Waals surface area contributed by atoms with Crippen LogP contribution in [0.5, 0.6) is 6.01 Å². The Morgan fingerprint density at radius 2 is 2.00 bits per heavy atom. The first-order valence-corrected chi connectivity index (χ1v) is 12.5. The minimum absolute atomic E-state index is 0.00765. The summed E-state index contributed by atoms with van der Waals surface area (Å²) in [5.74, 6) is 0.751. The lowest BCUT2D eigenvalue weighted by Crippen LogP contribution is -2.48. The lowest BCUT2D eigenvalue weighted by Gasteiger charge is -2.41. The number of aromatic nitrogens is 2. The summed E-state index contributed by atoms with van der Waals surface area (Å²) in [6.07, 6.45) is 6.64. The van der Waals surface area contributed by atoms with Crippen LogP contribution in [-0.2, 0) is 27.8 Å². The molecule has 8 nitrogen and oxygen atoms in total. The van der Waals surface area contributed by atoms with Gasteiger partial charge >= 0.3 is 6.01 Å². The molecular formula is C27H31N5O3. The van der Waals surface area contributed by atoms with Gasteiger partial charge in [-0.3, -0.25) is 9.59 Å². The molecule has 8 heteroatoms. The summed E-state index contributed by atoms with van der Waals surface area (Å²) in [6, 6.07) is 8.62. The van der Waals surface area contributed by atoms with E-state index in [0.29, 0.717) is 18.1 Å². The van der Waals surface area contributed by atoms with Gasteiger partial charge < -0.3 is 19.9 Å². The van der Waals surface area contributed by atoms with Gasteiger partial charge in [0.2, 0.25) is 11.8 Å². The highest BCUT2D eigenvalue weighted by Crippen LogP contribution is 2.48. The molecule has 1 aromatic heterocycles. The second-order valence-electron chi connectivity index (χ2n) is 10.5. The van der Waals surface area contributed by atoms with Crippen LogP contribution in [-0.4, -0.2) is 60.0 Å². The zero-order chi connectivity index (χ0) is 24.2. The van der Waals surface area contributed by atoms with E-state index in [1.165, 1.54) is 11.6 Å². The van der Waals surface area contributed by atoms with Crippen LogP contribution in [0.1, 0.15) is 42.5 Å². The molecule has 2 amide bonds. The molecule has 3 aliphatic heterocycles. The van der Waals surface area contributed by atoms with E-state index in [0.717, 1.165) is 75.4 Å². The molecule has 35 heavy (non-hydrogen) atoms. The summed E-state index contributed by atoms with van der Waals surface area (Å²) in [7, 11) is 1.58. The van der Waals surface area contributed by atoms with E-state index < -0.39 is 5.41 Å². The van der Waals surface area contributed by atoms with Crippen molar-refractivity contribution in [3.63, 3.8) is 0 Å². The Labute approximate surface area is 205 Å². The van der Waals surface area contributed by atoms with Crippen molar-refractivity contribution >= 4 is 23.3 Å². The molecule has 2 fully saturated rings. The van der Waals surface area contributed by atoms with Crippen LogP contribution in [0.2, 0.25) is 0 Å². The van der Waals surface area contributed by atoms with Crippen molar-refractivity contribution < 1.29 is 14.3 Å². The standard InChI is InChI=1S/C27H31N5O3/c1-3-21(33)31-13-11-26(16-31)12-14-32(17-26)23-22-20(28-25(30-23)35-2)15-27(24(34)29-22)10-6-8-18-7-4-5-9-19(18)27/h3-5,7,9H,1,6,8,10-17H2,2H3,(H,29,34). The van der Waals surface area contributed by atoms with E-state index >= 15 is 0 Å². The van der Waals surface area contributed by atoms with E-state index in [1.807, 2.05) is 17.0 Å². The van der Waals surface area contributed by atoms with E-state index in [-0.39, 0.29) is 17.2 Å². The maximum Gasteiger partial charge on any atom is 0.318 e. The highest BCUT2D eigenvalue weighted by molar-refractivity contribution is 6.04. The number of carbonyl (C=O) groups excluding carboxylic acids is 2. The molecule has 1 N–H and O–H groups in total. The molecule has 0 saturated carbocycles. The quantitative estimate of drug-likeness (QED) is 0.690. The number of hydrogen-bond donors (Lipinski definition) is 1. The van der Waals surface area contributed by atoms with E-state index in [2.05, 4.69) is 28.9 Å². The molecule has 4 heterocycles. The number of likely N-dealkylation sites (tertiary alicyclic amines) is 1. The molecule has 182 valence electrons. The summed E-state index contributed by atoms with van der Waals surface area (Å²) in [6.45, 7) is 6.71. The minimum atomic E-state index is -0.609. The minimum Gasteiger partial charge on any atom is -0.467 e. The van der Waals surface area contributed by atoms with E-state index in [4.69, 9.17) is 14.7 Å². The Kier molecular flexibility index (Phi) is 5.09. The molecule has 2 aromatic rings. The smallest absolute Gasteiger partial charge is 0.318 e. The zero-order valence-corrected chi connectivity index (χ0v) is 20.2. The second-order valence-corrected chi connectivity index (χ2v) is 10.5. The van der Waals surface area contributed by atoms with Crippen molar-refractivity contribution in [1.82, 2.24) is 14.9 Å². The van der Waals surface area contributed by atoms with Gasteiger partial charge in [0.1, 0.15) is 5.69 Å². The molecule has 0 bridgehead atoms. The molecule has 0 radical (unpaired) electrons. The Morgan fingerprint density at radius 1 is 1.17 bits per heavy atom. The highest BCUT2D eigenvalue weighted by Gasteiger charge is 2.49. The fourth-order valence-electron chi connectivity index (χ4n) is 6.69. The maximum absolute atomic E-state index is 13.7. The zero-order valence-electron chi connectivity index (χ0n) is 20.2. The lowest BCUT2D eigenvalue weighted by atomic mass is 9.65. The summed E-state index contributed by atoms with van der Waals surface area (Å²) in [5.41, 5.74) is 3.33. The van der Waals surface area contributed by atoms with Crippen LogP contribution >= 0.6 is 0 Å². The number of ether oxygens (including phenoxy) is 1. The predicted octanol–water partition coefficient (Wildman–Crippen LogP) is 2.87. The molecule has 2 unspecified atom stereocenters. The third-order valence-electron chi connectivity index (χ3n) is 8.51. The van der Waals surface area contributed by atoms with Gasteiger partial charge in [0.15, 0.2) is 5.82 Å². The number of aryl methyl sites for hydroxylation is 1. The highest BCUT2D eigenvalue weighted by atomic mass is 16.5. The fraction of sp³-hybridized carbons (Fsp3) is 0.481. The first kappa shape index (κ1) is 22.1. The molecule has 4 aliphatic rings. The van der Waals surface area contributed by atoms with Crippen molar-refractivity contribution in [1.29, 1.82) is 0 Å². The number of hydrogen-bond acceptors (Lipinski definition) is 6. The van der Waals surface area contributed by atoms with Crippen molar-refractivity contribution in [2.45, 2.75) is 43.9 Å². The molecule has 1 aromatic carbocycles. The number of methoxy groups -OCH3 is 1. The molecule has 1 aliphatic carbocycles. The van der Waals surface area contributed by atoms with E-state index in [1.54, 1.807) is 7.11 Å². The third kappa shape index (κ3) is 3.41. The average Bonchev–Trinajstić information content (AvgIpc) is 3.50. The van der Waals surface area contributed by atoms with Crippen LogP contribution in [0.4, 0.5) is 11.5 Å². The second kappa shape index (κ2) is 8.07. The van der Waals surface area contributed by atoms with Gasteiger partial charge in [-0.15, -0.1) is 0 Å². The number of amides is 2. The third-order valence-corrected chi connectivity index (χ3v) is 8.51. The number of benzene rings is 1. The van der Waals surface area contributed by atoms with Crippen molar-refractivity contribution in [3.05, 3.63) is 53.7 Å². The topological polar surface area (TPSA) is 87.7 Å². The van der Waals surface area contributed by atoms with Gasteiger partial charge in [-0.25, -0.2) is 0 Å². The van der Waals surface area contributed by atoms with Crippen LogP contribution in [0, 0.1) is 5.41 Å². The molecule has 2 spiro atoms. The first-order chi connectivity index (χ1) is 17.0. The Hall–Kier alpha value is -3.42. The monoisotopic (exact) mass is 473 g/mol. The van der Waals surface area contributed by atoms with Crippen molar-refractivity contribution in [2.75, 3.05) is 43.5 Å². The van der Waals surface area contributed by atoms with Crippen LogP contribution in [0.3, 0.4) is 0 Å². The van der Waals surface area contributed by atoms with Gasteiger partial charge in [0.05, 0.1) is 18.2 Å². The molecular weight excluding hydrogens is 442 g/mol. The van der Waals surface area contributed by atoms with Crippen LogP contribution in [0.25, 0.3) is 0 Å². The van der Waals surface area contributed by atoms with Gasteiger partial charge in [-0.1, -0.05) is 30.8 Å². The number of carbonyl (C=O) groups is 2. The molecule has 2 saturated heterocycles. The average molecular weight is 474 g/mol. The van der Waals surface area contributed by atoms with E-state index in [9.17, 15) is 9.59 Å².